The first-order chi connectivity index (χ1) is 14.0. The summed E-state index contributed by atoms with van der Waals surface area (Å²) in [7, 11) is 0. The van der Waals surface area contributed by atoms with Gasteiger partial charge in [0.05, 0.1) is 17.8 Å². The van der Waals surface area contributed by atoms with E-state index in [0.717, 1.165) is 29.9 Å². The molecule has 3 saturated carbocycles. The minimum absolute atomic E-state index is 0.374. The van der Waals surface area contributed by atoms with Crippen LogP contribution in [0.15, 0.2) is 35.5 Å². The first-order valence-electron chi connectivity index (χ1n) is 12.2. The predicted octanol–water partition coefficient (Wildman–Crippen LogP) is 5.70. The number of hydrogen-bond donors (Lipinski definition) is 3. The minimum atomic E-state index is -0.615. The van der Waals surface area contributed by atoms with Crippen LogP contribution in [0.1, 0.15) is 91.9 Å². The highest BCUT2D eigenvalue weighted by atomic mass is 16.3. The van der Waals surface area contributed by atoms with E-state index in [1.165, 1.54) is 38.5 Å². The molecule has 0 heterocycles. The summed E-state index contributed by atoms with van der Waals surface area (Å²) >= 11 is 0. The van der Waals surface area contributed by atoms with Crippen molar-refractivity contribution in [1.29, 1.82) is 0 Å². The Morgan fingerprint density at radius 1 is 1.23 bits per heavy atom. The topological polar surface area (TPSA) is 60.7 Å². The summed E-state index contributed by atoms with van der Waals surface area (Å²) in [6.45, 7) is 12.8. The molecular weight excluding hydrogens is 372 g/mol. The number of aliphatic hydroxyl groups is 3. The fourth-order valence-electron chi connectivity index (χ4n) is 6.74. The van der Waals surface area contributed by atoms with E-state index in [0.29, 0.717) is 30.1 Å². The largest absolute Gasteiger partial charge is 0.393 e. The van der Waals surface area contributed by atoms with Gasteiger partial charge >= 0.3 is 0 Å². The van der Waals surface area contributed by atoms with E-state index in [1.807, 2.05) is 13.8 Å². The van der Waals surface area contributed by atoms with Gasteiger partial charge in [-0.3, -0.25) is 0 Å². The fraction of sp³-hybridized carbons (Fsp3) is 0.778. The number of fused-ring (bicyclic) bond motifs is 1. The highest BCUT2D eigenvalue weighted by Gasteiger charge is 2.50. The molecule has 3 nitrogen and oxygen atoms in total. The van der Waals surface area contributed by atoms with Crippen molar-refractivity contribution in [3.8, 4) is 0 Å². The summed E-state index contributed by atoms with van der Waals surface area (Å²) in [6, 6.07) is 0. The molecule has 3 rings (SSSR count). The Morgan fingerprint density at radius 3 is 2.67 bits per heavy atom. The van der Waals surface area contributed by atoms with Gasteiger partial charge in [0, 0.05) is 6.42 Å². The van der Waals surface area contributed by atoms with Crippen LogP contribution in [0.25, 0.3) is 0 Å². The summed E-state index contributed by atoms with van der Waals surface area (Å²) in [5.74, 6) is 2.11. The Bertz CT molecular complexity index is 683. The molecule has 0 aliphatic heterocycles. The zero-order valence-electron chi connectivity index (χ0n) is 19.7. The molecule has 3 N–H and O–H groups in total. The average Bonchev–Trinajstić information content (AvgIpc) is 3.00. The van der Waals surface area contributed by atoms with Gasteiger partial charge in [-0.2, -0.15) is 0 Å². The molecule has 3 aliphatic carbocycles. The van der Waals surface area contributed by atoms with Gasteiger partial charge in [-0.1, -0.05) is 51.0 Å². The first-order valence-corrected chi connectivity index (χ1v) is 12.2. The predicted molar refractivity (Wildman–Crippen MR) is 124 cm³/mol. The smallest absolute Gasteiger partial charge is 0.0811 e. The number of rotatable bonds is 6. The van der Waals surface area contributed by atoms with Gasteiger partial charge in [0.2, 0.25) is 0 Å². The molecule has 0 bridgehead atoms. The van der Waals surface area contributed by atoms with Crippen LogP contribution < -0.4 is 0 Å². The van der Waals surface area contributed by atoms with Gasteiger partial charge in [-0.05, 0) is 93.1 Å². The lowest BCUT2D eigenvalue weighted by molar-refractivity contribution is 0.0596. The van der Waals surface area contributed by atoms with E-state index in [9.17, 15) is 15.3 Å². The molecule has 0 saturated heterocycles. The zero-order valence-corrected chi connectivity index (χ0v) is 19.7. The monoisotopic (exact) mass is 416 g/mol. The van der Waals surface area contributed by atoms with Crippen molar-refractivity contribution in [3.63, 3.8) is 0 Å². The molecule has 4 unspecified atom stereocenters. The van der Waals surface area contributed by atoms with E-state index < -0.39 is 17.8 Å². The highest BCUT2D eigenvalue weighted by Crippen LogP contribution is 2.60. The van der Waals surface area contributed by atoms with Crippen molar-refractivity contribution < 1.29 is 15.3 Å². The summed E-state index contributed by atoms with van der Waals surface area (Å²) in [5, 5.41) is 30.2. The van der Waals surface area contributed by atoms with Gasteiger partial charge in [0.15, 0.2) is 0 Å². The number of allylic oxidation sites excluding steroid dienone is 3. The van der Waals surface area contributed by atoms with Gasteiger partial charge in [-0.15, -0.1) is 0 Å². The van der Waals surface area contributed by atoms with E-state index >= 15 is 0 Å². The third-order valence-electron chi connectivity index (χ3n) is 8.44. The molecule has 0 radical (unpaired) electrons. The second kappa shape index (κ2) is 9.30. The van der Waals surface area contributed by atoms with E-state index in [1.54, 1.807) is 5.57 Å². The molecule has 0 aromatic rings. The molecule has 3 heteroatoms. The Morgan fingerprint density at radius 2 is 1.97 bits per heavy atom. The van der Waals surface area contributed by atoms with Crippen LogP contribution in [-0.2, 0) is 0 Å². The van der Waals surface area contributed by atoms with E-state index in [-0.39, 0.29) is 0 Å². The Labute approximate surface area is 184 Å². The number of hydrogen-bond acceptors (Lipinski definition) is 3. The summed E-state index contributed by atoms with van der Waals surface area (Å²) in [6.07, 6.45) is 13.9. The molecule has 170 valence electrons. The van der Waals surface area contributed by atoms with Crippen molar-refractivity contribution in [1.82, 2.24) is 0 Å². The molecule has 0 amide bonds. The quantitative estimate of drug-likeness (QED) is 0.520. The van der Waals surface area contributed by atoms with Crippen LogP contribution in [0.5, 0.6) is 0 Å². The lowest BCUT2D eigenvalue weighted by atomic mass is 9.60. The lowest BCUT2D eigenvalue weighted by Gasteiger charge is -2.44. The van der Waals surface area contributed by atoms with Crippen LogP contribution in [0.4, 0.5) is 0 Å². The van der Waals surface area contributed by atoms with Crippen molar-refractivity contribution in [2.45, 2.75) is 110 Å². The van der Waals surface area contributed by atoms with Crippen molar-refractivity contribution in [2.75, 3.05) is 0 Å². The maximum atomic E-state index is 10.1. The summed E-state index contributed by atoms with van der Waals surface area (Å²) in [5.41, 5.74) is 3.17. The summed E-state index contributed by atoms with van der Waals surface area (Å²) < 4.78 is 0. The van der Waals surface area contributed by atoms with Crippen LogP contribution in [-0.4, -0.2) is 33.1 Å². The lowest BCUT2D eigenvalue weighted by Crippen LogP contribution is -2.36. The second-order valence-corrected chi connectivity index (χ2v) is 11.3. The van der Waals surface area contributed by atoms with Crippen LogP contribution in [0, 0.1) is 23.2 Å². The molecule has 0 aromatic carbocycles. The van der Waals surface area contributed by atoms with E-state index in [4.69, 9.17) is 0 Å². The highest BCUT2D eigenvalue weighted by molar-refractivity contribution is 5.38. The third-order valence-corrected chi connectivity index (χ3v) is 8.44. The molecule has 0 aromatic heterocycles. The molecule has 30 heavy (non-hydrogen) atoms. The second-order valence-electron chi connectivity index (χ2n) is 11.3. The molecular formula is C27H44O3. The van der Waals surface area contributed by atoms with Gasteiger partial charge in [0.25, 0.3) is 0 Å². The molecule has 3 fully saturated rings. The number of aliphatic hydroxyl groups excluding tert-OH is 2. The van der Waals surface area contributed by atoms with Crippen LogP contribution in [0.2, 0.25) is 0 Å². The maximum absolute atomic E-state index is 10.1. The van der Waals surface area contributed by atoms with E-state index in [2.05, 4.69) is 32.6 Å². The normalized spacial score (nSPS) is 38.8. The van der Waals surface area contributed by atoms with Crippen LogP contribution >= 0.6 is 0 Å². The van der Waals surface area contributed by atoms with Crippen molar-refractivity contribution in [2.24, 2.45) is 23.2 Å². The Hall–Kier alpha value is -0.900. The van der Waals surface area contributed by atoms with Crippen LogP contribution in [0.3, 0.4) is 0 Å². The van der Waals surface area contributed by atoms with Gasteiger partial charge < -0.3 is 15.3 Å². The SMILES string of the molecule is C=C1/C(=C\C=C2/CCCC3(C)C2CCC3C(C)CCCC(C)(C)O)C[C@@H](O)C[C@@H]1O. The molecule has 6 atom stereocenters. The Balaban J connectivity index is 1.70. The first kappa shape index (κ1) is 23.8. The maximum Gasteiger partial charge on any atom is 0.0811 e. The summed E-state index contributed by atoms with van der Waals surface area (Å²) in [4.78, 5) is 0. The standard InChI is InChI=1S/C27H44O3/c1-18(8-6-14-26(3,4)30)23-12-13-24-20(9-7-15-27(23,24)5)10-11-21-16-22(28)17-25(29)19(21)2/h10-11,18,22-25,28-30H,2,6-9,12-17H2,1,3-5H3/b20-10+,21-11-/t18?,22-,23?,24?,25+,27?/m1/s1. The van der Waals surface area contributed by atoms with Crippen molar-refractivity contribution >= 4 is 0 Å². The average molecular weight is 417 g/mol. The van der Waals surface area contributed by atoms with Gasteiger partial charge in [0.1, 0.15) is 0 Å². The minimum Gasteiger partial charge on any atom is -0.393 e. The van der Waals surface area contributed by atoms with Gasteiger partial charge in [-0.25, -0.2) is 0 Å². The molecule has 0 spiro atoms. The zero-order chi connectivity index (χ0) is 22.1. The molecule has 3 aliphatic rings. The fourth-order valence-corrected chi connectivity index (χ4v) is 6.74. The Kier molecular flexibility index (Phi) is 7.37. The third kappa shape index (κ3) is 5.29. The van der Waals surface area contributed by atoms with Crippen molar-refractivity contribution in [3.05, 3.63) is 35.5 Å².